The van der Waals surface area contributed by atoms with Crippen LogP contribution >= 0.6 is 0 Å². The van der Waals surface area contributed by atoms with Gasteiger partial charge in [-0.2, -0.15) is 0 Å². The van der Waals surface area contributed by atoms with E-state index in [0.29, 0.717) is 6.54 Å². The summed E-state index contributed by atoms with van der Waals surface area (Å²) in [5.74, 6) is 0. The molecule has 0 aliphatic heterocycles. The van der Waals surface area contributed by atoms with Crippen molar-refractivity contribution in [1.82, 2.24) is 5.32 Å². The van der Waals surface area contributed by atoms with Crippen LogP contribution in [0.15, 0.2) is 42.5 Å². The fourth-order valence-corrected chi connectivity index (χ4v) is 2.38. The van der Waals surface area contributed by atoms with Crippen LogP contribution in [0.5, 0.6) is 0 Å². The van der Waals surface area contributed by atoms with Gasteiger partial charge in [0.15, 0.2) is 0 Å². The predicted molar refractivity (Wildman–Crippen MR) is 82.8 cm³/mol. The molecule has 0 radical (unpaired) electrons. The van der Waals surface area contributed by atoms with Crippen molar-refractivity contribution in [1.29, 1.82) is 0 Å². The maximum atomic E-state index is 9.42. The van der Waals surface area contributed by atoms with Crippen LogP contribution in [0.25, 0.3) is 10.8 Å². The van der Waals surface area contributed by atoms with Crippen molar-refractivity contribution in [2.45, 2.75) is 31.9 Å². The second-order valence-electron chi connectivity index (χ2n) is 5.96. The van der Waals surface area contributed by atoms with Crippen molar-refractivity contribution in [3.05, 3.63) is 48.0 Å². The zero-order chi connectivity index (χ0) is 14.6. The topological polar surface area (TPSA) is 52.5 Å². The number of rotatable bonds is 6. The van der Waals surface area contributed by atoms with E-state index < -0.39 is 6.10 Å². The average molecular weight is 273 g/mol. The Hall–Kier alpha value is -1.42. The lowest BCUT2D eigenvalue weighted by molar-refractivity contribution is 0.0878. The molecule has 0 spiro atoms. The SMILES string of the molecule is CC(C)(Cc1ccc2ccccc2c1)NC[C@@H](O)CO. The summed E-state index contributed by atoms with van der Waals surface area (Å²) in [5, 5.41) is 24.1. The Morgan fingerprint density at radius 1 is 1.10 bits per heavy atom. The highest BCUT2D eigenvalue weighted by Crippen LogP contribution is 2.19. The van der Waals surface area contributed by atoms with Gasteiger partial charge in [0, 0.05) is 12.1 Å². The number of hydrogen-bond donors (Lipinski definition) is 3. The third kappa shape index (κ3) is 4.04. The Labute approximate surface area is 120 Å². The number of fused-ring (bicyclic) bond motifs is 1. The Kier molecular flexibility index (Phi) is 4.76. The van der Waals surface area contributed by atoms with Crippen LogP contribution in [-0.2, 0) is 6.42 Å². The van der Waals surface area contributed by atoms with Crippen LogP contribution in [0.1, 0.15) is 19.4 Å². The molecule has 0 aliphatic carbocycles. The molecular formula is C17H23NO2. The number of aliphatic hydroxyl groups excluding tert-OH is 2. The minimum absolute atomic E-state index is 0.126. The molecule has 1 atom stereocenters. The number of nitrogens with one attached hydrogen (secondary N) is 1. The summed E-state index contributed by atoms with van der Waals surface area (Å²) in [6.45, 7) is 4.40. The van der Waals surface area contributed by atoms with E-state index in [-0.39, 0.29) is 12.1 Å². The van der Waals surface area contributed by atoms with Crippen molar-refractivity contribution in [3.63, 3.8) is 0 Å². The van der Waals surface area contributed by atoms with Crippen molar-refractivity contribution >= 4 is 10.8 Å². The smallest absolute Gasteiger partial charge is 0.0895 e. The average Bonchev–Trinajstić information content (AvgIpc) is 2.44. The fourth-order valence-electron chi connectivity index (χ4n) is 2.38. The fraction of sp³-hybridized carbons (Fsp3) is 0.412. The summed E-state index contributed by atoms with van der Waals surface area (Å²) in [5.41, 5.74) is 1.14. The molecule has 3 heteroatoms. The van der Waals surface area contributed by atoms with Gasteiger partial charge in [-0.15, -0.1) is 0 Å². The molecular weight excluding hydrogens is 250 g/mol. The van der Waals surface area contributed by atoms with Gasteiger partial charge in [0.25, 0.3) is 0 Å². The molecule has 0 amide bonds. The van der Waals surface area contributed by atoms with Gasteiger partial charge in [0.1, 0.15) is 0 Å². The molecule has 3 nitrogen and oxygen atoms in total. The lowest BCUT2D eigenvalue weighted by Crippen LogP contribution is -2.45. The minimum Gasteiger partial charge on any atom is -0.394 e. The third-order valence-corrected chi connectivity index (χ3v) is 3.49. The van der Waals surface area contributed by atoms with Crippen molar-refractivity contribution < 1.29 is 10.2 Å². The van der Waals surface area contributed by atoms with Gasteiger partial charge in [-0.1, -0.05) is 42.5 Å². The van der Waals surface area contributed by atoms with Gasteiger partial charge in [-0.05, 0) is 36.6 Å². The third-order valence-electron chi connectivity index (χ3n) is 3.49. The van der Waals surface area contributed by atoms with Crippen molar-refractivity contribution in [2.75, 3.05) is 13.2 Å². The molecule has 0 saturated carbocycles. The first-order chi connectivity index (χ1) is 9.50. The van der Waals surface area contributed by atoms with Crippen LogP contribution in [0.2, 0.25) is 0 Å². The highest BCUT2D eigenvalue weighted by atomic mass is 16.3. The molecule has 0 saturated heterocycles. The van der Waals surface area contributed by atoms with E-state index in [1.54, 1.807) is 0 Å². The summed E-state index contributed by atoms with van der Waals surface area (Å²) in [6, 6.07) is 14.8. The van der Waals surface area contributed by atoms with E-state index in [9.17, 15) is 5.11 Å². The van der Waals surface area contributed by atoms with Gasteiger partial charge in [-0.3, -0.25) is 0 Å². The lowest BCUT2D eigenvalue weighted by atomic mass is 9.93. The molecule has 0 aliphatic rings. The molecule has 0 fully saturated rings. The first-order valence-corrected chi connectivity index (χ1v) is 7.02. The van der Waals surface area contributed by atoms with Crippen molar-refractivity contribution in [2.24, 2.45) is 0 Å². The molecule has 0 unspecified atom stereocenters. The quantitative estimate of drug-likeness (QED) is 0.755. The van der Waals surface area contributed by atoms with Crippen molar-refractivity contribution in [3.8, 4) is 0 Å². The lowest BCUT2D eigenvalue weighted by Gasteiger charge is -2.28. The van der Waals surface area contributed by atoms with E-state index in [1.165, 1.54) is 16.3 Å². The summed E-state index contributed by atoms with van der Waals surface area (Å²) < 4.78 is 0. The van der Waals surface area contributed by atoms with E-state index in [2.05, 4.69) is 49.5 Å². The molecule has 3 N–H and O–H groups in total. The Morgan fingerprint density at radius 3 is 2.50 bits per heavy atom. The van der Waals surface area contributed by atoms with E-state index >= 15 is 0 Å². The molecule has 0 heterocycles. The Balaban J connectivity index is 2.06. The maximum absolute atomic E-state index is 9.42. The Bertz CT molecular complexity index is 566. The summed E-state index contributed by atoms with van der Waals surface area (Å²) in [7, 11) is 0. The second-order valence-corrected chi connectivity index (χ2v) is 5.96. The van der Waals surface area contributed by atoms with Crippen LogP contribution in [0.3, 0.4) is 0 Å². The molecule has 2 rings (SSSR count). The van der Waals surface area contributed by atoms with Gasteiger partial charge in [0.2, 0.25) is 0 Å². The van der Waals surface area contributed by atoms with E-state index in [1.807, 2.05) is 12.1 Å². The van der Waals surface area contributed by atoms with Gasteiger partial charge >= 0.3 is 0 Å². The molecule has 0 aromatic heterocycles. The zero-order valence-electron chi connectivity index (χ0n) is 12.1. The number of benzene rings is 2. The normalized spacial score (nSPS) is 13.6. The predicted octanol–water partition coefficient (Wildman–Crippen LogP) is 2.10. The summed E-state index contributed by atoms with van der Waals surface area (Å²) in [6.07, 6.45) is 0.168. The number of hydrogen-bond acceptors (Lipinski definition) is 3. The molecule has 2 aromatic carbocycles. The highest BCUT2D eigenvalue weighted by molar-refractivity contribution is 5.83. The summed E-state index contributed by atoms with van der Waals surface area (Å²) in [4.78, 5) is 0. The van der Waals surface area contributed by atoms with E-state index in [0.717, 1.165) is 6.42 Å². The van der Waals surface area contributed by atoms with Gasteiger partial charge in [0.05, 0.1) is 12.7 Å². The molecule has 108 valence electrons. The zero-order valence-corrected chi connectivity index (χ0v) is 12.1. The highest BCUT2D eigenvalue weighted by Gasteiger charge is 2.19. The second kappa shape index (κ2) is 6.35. The first kappa shape index (κ1) is 15.0. The summed E-state index contributed by atoms with van der Waals surface area (Å²) >= 11 is 0. The van der Waals surface area contributed by atoms with Crippen LogP contribution in [-0.4, -0.2) is 35.0 Å². The molecule has 20 heavy (non-hydrogen) atoms. The number of β-amino-alcohol motifs (C(OH)–C–C–N with tert-alkyl or cyclic N) is 1. The largest absolute Gasteiger partial charge is 0.394 e. The maximum Gasteiger partial charge on any atom is 0.0895 e. The first-order valence-electron chi connectivity index (χ1n) is 7.02. The standard InChI is InChI=1S/C17H23NO2/c1-17(2,18-11-16(20)12-19)10-13-7-8-14-5-3-4-6-15(14)9-13/h3-9,16,18-20H,10-12H2,1-2H3/t16-/m1/s1. The van der Waals surface area contributed by atoms with Gasteiger partial charge in [-0.25, -0.2) is 0 Å². The number of aliphatic hydroxyl groups is 2. The monoisotopic (exact) mass is 273 g/mol. The molecule has 2 aromatic rings. The van der Waals surface area contributed by atoms with E-state index in [4.69, 9.17) is 5.11 Å². The minimum atomic E-state index is -0.703. The van der Waals surface area contributed by atoms with Crippen LogP contribution < -0.4 is 5.32 Å². The van der Waals surface area contributed by atoms with Gasteiger partial charge < -0.3 is 15.5 Å². The Morgan fingerprint density at radius 2 is 1.80 bits per heavy atom. The molecule has 0 bridgehead atoms. The van der Waals surface area contributed by atoms with Crippen LogP contribution in [0, 0.1) is 0 Å². The van der Waals surface area contributed by atoms with Crippen LogP contribution in [0.4, 0.5) is 0 Å².